The van der Waals surface area contributed by atoms with Crippen LogP contribution in [0.3, 0.4) is 0 Å². The van der Waals surface area contributed by atoms with Crippen molar-refractivity contribution in [2.24, 2.45) is 11.7 Å². The first-order chi connectivity index (χ1) is 8.79. The molecule has 4 nitrogen and oxygen atoms in total. The lowest BCUT2D eigenvalue weighted by Gasteiger charge is -2.31. The summed E-state index contributed by atoms with van der Waals surface area (Å²) in [6, 6.07) is 3.86. The number of carbonyl (C=O) groups is 1. The summed E-state index contributed by atoms with van der Waals surface area (Å²) in [5, 5.41) is 0. The molecule has 106 valence electrons. The van der Waals surface area contributed by atoms with Gasteiger partial charge in [0.05, 0.1) is 5.75 Å². The summed E-state index contributed by atoms with van der Waals surface area (Å²) < 4.78 is 0. The minimum atomic E-state index is 0. The molecule has 1 aromatic heterocycles. The van der Waals surface area contributed by atoms with Gasteiger partial charge in [-0.1, -0.05) is 0 Å². The molecular weight excluding hydrogens is 282 g/mol. The first-order valence-electron chi connectivity index (χ1n) is 6.30. The van der Waals surface area contributed by atoms with Gasteiger partial charge in [0.2, 0.25) is 5.91 Å². The first kappa shape index (κ1) is 16.3. The number of hydrogen-bond donors (Lipinski definition) is 1. The van der Waals surface area contributed by atoms with Gasteiger partial charge < -0.3 is 10.6 Å². The van der Waals surface area contributed by atoms with E-state index in [-0.39, 0.29) is 18.3 Å². The molecular formula is C13H20ClN3OS. The minimum Gasteiger partial charge on any atom is -0.342 e. The highest BCUT2D eigenvalue weighted by Gasteiger charge is 2.21. The number of aromatic nitrogens is 1. The van der Waals surface area contributed by atoms with Crippen LogP contribution in [0, 0.1) is 5.92 Å². The summed E-state index contributed by atoms with van der Waals surface area (Å²) in [6.07, 6.45) is 5.59. The molecule has 0 unspecified atom stereocenters. The van der Waals surface area contributed by atoms with Crippen molar-refractivity contribution >= 4 is 30.1 Å². The molecule has 0 aromatic carbocycles. The van der Waals surface area contributed by atoms with E-state index in [2.05, 4.69) is 4.98 Å². The molecule has 2 N–H and O–H groups in total. The van der Waals surface area contributed by atoms with Crippen molar-refractivity contribution in [3.63, 3.8) is 0 Å². The van der Waals surface area contributed by atoms with Gasteiger partial charge in [0.25, 0.3) is 0 Å². The van der Waals surface area contributed by atoms with E-state index in [0.717, 1.165) is 37.4 Å². The molecule has 0 radical (unpaired) electrons. The summed E-state index contributed by atoms with van der Waals surface area (Å²) in [5.74, 6) is 1.34. The Kier molecular flexibility index (Phi) is 7.20. The Labute approximate surface area is 124 Å². The van der Waals surface area contributed by atoms with Crippen LogP contribution in [0.4, 0.5) is 0 Å². The average Bonchev–Trinajstić information content (AvgIpc) is 2.46. The van der Waals surface area contributed by atoms with Gasteiger partial charge in [0, 0.05) is 30.4 Å². The van der Waals surface area contributed by atoms with Gasteiger partial charge >= 0.3 is 0 Å². The number of amides is 1. The zero-order valence-electron chi connectivity index (χ0n) is 10.8. The van der Waals surface area contributed by atoms with Gasteiger partial charge in [-0.25, -0.2) is 0 Å². The summed E-state index contributed by atoms with van der Waals surface area (Å²) >= 11 is 1.57. The maximum absolute atomic E-state index is 12.0. The van der Waals surface area contributed by atoms with Crippen LogP contribution < -0.4 is 5.73 Å². The number of halogens is 1. The fraction of sp³-hybridized carbons (Fsp3) is 0.538. The van der Waals surface area contributed by atoms with Crippen LogP contribution in [0.5, 0.6) is 0 Å². The van der Waals surface area contributed by atoms with E-state index in [9.17, 15) is 4.79 Å². The normalized spacial score (nSPS) is 15.9. The highest BCUT2D eigenvalue weighted by atomic mass is 35.5. The lowest BCUT2D eigenvalue weighted by Crippen LogP contribution is -2.40. The molecule has 0 aliphatic carbocycles. The standard InChI is InChI=1S/C13H19N3OS.ClH/c14-9-11-3-7-16(8-4-11)13(17)10-18-12-1-5-15-6-2-12;/h1-2,5-6,11H,3-4,7-10,14H2;1H. The predicted octanol–water partition coefficient (Wildman–Crippen LogP) is 1.79. The summed E-state index contributed by atoms with van der Waals surface area (Å²) in [6.45, 7) is 2.46. The molecule has 2 rings (SSSR count). The van der Waals surface area contributed by atoms with Crippen LogP contribution in [0.15, 0.2) is 29.4 Å². The molecule has 1 aromatic rings. The molecule has 1 amide bonds. The van der Waals surface area contributed by atoms with Gasteiger partial charge in [-0.2, -0.15) is 0 Å². The van der Waals surface area contributed by atoms with Crippen molar-refractivity contribution in [2.75, 3.05) is 25.4 Å². The Morgan fingerprint density at radius 2 is 2.00 bits per heavy atom. The predicted molar refractivity (Wildman–Crippen MR) is 80.6 cm³/mol. The van der Waals surface area contributed by atoms with E-state index < -0.39 is 0 Å². The maximum Gasteiger partial charge on any atom is 0.232 e. The fourth-order valence-electron chi connectivity index (χ4n) is 2.09. The van der Waals surface area contributed by atoms with Crippen LogP contribution in [0.25, 0.3) is 0 Å². The third-order valence-electron chi connectivity index (χ3n) is 3.31. The largest absolute Gasteiger partial charge is 0.342 e. The number of carbonyl (C=O) groups excluding carboxylic acids is 1. The summed E-state index contributed by atoms with van der Waals surface area (Å²) in [7, 11) is 0. The Morgan fingerprint density at radius 1 is 1.37 bits per heavy atom. The smallest absolute Gasteiger partial charge is 0.232 e. The van der Waals surface area contributed by atoms with Crippen LogP contribution in [0.2, 0.25) is 0 Å². The molecule has 19 heavy (non-hydrogen) atoms. The summed E-state index contributed by atoms with van der Waals surface area (Å²) in [4.78, 5) is 19.0. The lowest BCUT2D eigenvalue weighted by molar-refractivity contribution is -0.129. The van der Waals surface area contributed by atoms with Gasteiger partial charge in [-0.15, -0.1) is 24.2 Å². The van der Waals surface area contributed by atoms with Crippen LogP contribution in [-0.2, 0) is 4.79 Å². The number of pyridine rings is 1. The topological polar surface area (TPSA) is 59.2 Å². The highest BCUT2D eigenvalue weighted by molar-refractivity contribution is 8.00. The number of nitrogens with two attached hydrogens (primary N) is 1. The van der Waals surface area contributed by atoms with Crippen molar-refractivity contribution < 1.29 is 4.79 Å². The molecule has 1 aliphatic heterocycles. The average molecular weight is 302 g/mol. The third-order valence-corrected chi connectivity index (χ3v) is 4.31. The maximum atomic E-state index is 12.0. The fourth-order valence-corrected chi connectivity index (χ4v) is 2.88. The van der Waals surface area contributed by atoms with Gasteiger partial charge in [-0.05, 0) is 37.4 Å². The number of likely N-dealkylation sites (tertiary alicyclic amines) is 1. The van der Waals surface area contributed by atoms with Crippen molar-refractivity contribution in [1.82, 2.24) is 9.88 Å². The van der Waals surface area contributed by atoms with Crippen LogP contribution in [-0.4, -0.2) is 41.2 Å². The Balaban J connectivity index is 0.00000180. The van der Waals surface area contributed by atoms with E-state index in [1.165, 1.54) is 0 Å². The van der Waals surface area contributed by atoms with E-state index in [0.29, 0.717) is 11.7 Å². The molecule has 0 saturated carbocycles. The molecule has 6 heteroatoms. The number of nitrogens with zero attached hydrogens (tertiary/aromatic N) is 2. The Hall–Kier alpha value is -0.780. The monoisotopic (exact) mass is 301 g/mol. The van der Waals surface area contributed by atoms with E-state index in [1.54, 1.807) is 24.2 Å². The minimum absolute atomic E-state index is 0. The van der Waals surface area contributed by atoms with Crippen molar-refractivity contribution in [3.8, 4) is 0 Å². The van der Waals surface area contributed by atoms with Crippen molar-refractivity contribution in [2.45, 2.75) is 17.7 Å². The first-order valence-corrected chi connectivity index (χ1v) is 7.29. The van der Waals surface area contributed by atoms with Gasteiger partial charge in [-0.3, -0.25) is 9.78 Å². The molecule has 1 aliphatic rings. The highest BCUT2D eigenvalue weighted by Crippen LogP contribution is 2.20. The number of rotatable bonds is 4. The SMILES string of the molecule is Cl.NCC1CCN(C(=O)CSc2ccncc2)CC1. The molecule has 0 bridgehead atoms. The second kappa shape index (κ2) is 8.40. The van der Waals surface area contributed by atoms with Gasteiger partial charge in [0.1, 0.15) is 0 Å². The Bertz CT molecular complexity index is 383. The molecule has 0 atom stereocenters. The Morgan fingerprint density at radius 3 is 2.58 bits per heavy atom. The molecule has 2 heterocycles. The quantitative estimate of drug-likeness (QED) is 0.862. The van der Waals surface area contributed by atoms with Crippen LogP contribution >= 0.6 is 24.2 Å². The van der Waals surface area contributed by atoms with Crippen molar-refractivity contribution in [1.29, 1.82) is 0 Å². The van der Waals surface area contributed by atoms with E-state index in [4.69, 9.17) is 5.73 Å². The number of piperidine rings is 1. The second-order valence-corrected chi connectivity index (χ2v) is 5.58. The van der Waals surface area contributed by atoms with Gasteiger partial charge in [0.15, 0.2) is 0 Å². The number of thioether (sulfide) groups is 1. The zero-order valence-corrected chi connectivity index (χ0v) is 12.5. The summed E-state index contributed by atoms with van der Waals surface area (Å²) in [5.41, 5.74) is 5.65. The zero-order chi connectivity index (χ0) is 12.8. The molecule has 1 fully saturated rings. The number of hydrogen-bond acceptors (Lipinski definition) is 4. The molecule has 1 saturated heterocycles. The van der Waals surface area contributed by atoms with E-state index >= 15 is 0 Å². The lowest BCUT2D eigenvalue weighted by atomic mass is 9.97. The molecule has 0 spiro atoms. The third kappa shape index (κ3) is 5.01. The van der Waals surface area contributed by atoms with E-state index in [1.807, 2.05) is 17.0 Å². The van der Waals surface area contributed by atoms with Crippen LogP contribution in [0.1, 0.15) is 12.8 Å². The van der Waals surface area contributed by atoms with Crippen molar-refractivity contribution in [3.05, 3.63) is 24.5 Å². The second-order valence-electron chi connectivity index (χ2n) is 4.53.